The predicted octanol–water partition coefficient (Wildman–Crippen LogP) is 3.68. The molecular formula is C13H19NS. The Hall–Kier alpha value is -0.600. The third-order valence-corrected chi connectivity index (χ3v) is 3.61. The molecule has 2 heteroatoms. The molecule has 0 bridgehead atoms. The van der Waals surface area contributed by atoms with Gasteiger partial charge >= 0.3 is 0 Å². The lowest BCUT2D eigenvalue weighted by atomic mass is 9.83. The average molecular weight is 221 g/mol. The van der Waals surface area contributed by atoms with E-state index in [-0.39, 0.29) is 11.1 Å². The molecule has 1 nitrogen and oxygen atoms in total. The zero-order chi connectivity index (χ0) is 11.1. The van der Waals surface area contributed by atoms with Crippen molar-refractivity contribution < 1.29 is 0 Å². The third-order valence-electron chi connectivity index (χ3n) is 2.67. The van der Waals surface area contributed by atoms with Gasteiger partial charge in [-0.2, -0.15) is 0 Å². The summed E-state index contributed by atoms with van der Waals surface area (Å²) in [5.74, 6) is 0. The zero-order valence-electron chi connectivity index (χ0n) is 9.92. The van der Waals surface area contributed by atoms with Gasteiger partial charge in [0.2, 0.25) is 0 Å². The summed E-state index contributed by atoms with van der Waals surface area (Å²) < 4.78 is 0. The van der Waals surface area contributed by atoms with Crippen LogP contribution in [0.15, 0.2) is 23.6 Å². The van der Waals surface area contributed by atoms with Crippen molar-refractivity contribution in [1.82, 2.24) is 5.32 Å². The first-order valence-electron chi connectivity index (χ1n) is 5.43. The van der Waals surface area contributed by atoms with Gasteiger partial charge in [-0.1, -0.05) is 12.1 Å². The van der Waals surface area contributed by atoms with Crippen LogP contribution < -0.4 is 5.32 Å². The fourth-order valence-electron chi connectivity index (χ4n) is 2.53. The van der Waals surface area contributed by atoms with Crippen LogP contribution in [0.1, 0.15) is 39.0 Å². The summed E-state index contributed by atoms with van der Waals surface area (Å²) in [6.45, 7) is 9.02. The second-order valence-corrected chi connectivity index (χ2v) is 6.50. The lowest BCUT2D eigenvalue weighted by Gasteiger charge is -2.41. The minimum Gasteiger partial charge on any atom is -0.303 e. The van der Waals surface area contributed by atoms with E-state index in [0.717, 1.165) is 6.42 Å². The Balaban J connectivity index is 2.37. The molecule has 0 amide bonds. The molecule has 1 aliphatic rings. The van der Waals surface area contributed by atoms with Crippen molar-refractivity contribution in [2.24, 2.45) is 0 Å². The van der Waals surface area contributed by atoms with E-state index in [4.69, 9.17) is 0 Å². The molecule has 0 aliphatic carbocycles. The van der Waals surface area contributed by atoms with Crippen molar-refractivity contribution in [3.8, 4) is 0 Å². The maximum Gasteiger partial charge on any atom is 0.0318 e. The van der Waals surface area contributed by atoms with Crippen LogP contribution in [-0.2, 0) is 0 Å². The van der Waals surface area contributed by atoms with E-state index in [2.05, 4.69) is 56.6 Å². The number of hydrogen-bond acceptors (Lipinski definition) is 2. The SMILES string of the molecule is CC1(C)C=C(c2cccs2)CC(C)(C)N1. The average Bonchev–Trinajstić information content (AvgIpc) is 2.48. The van der Waals surface area contributed by atoms with Gasteiger partial charge in [0, 0.05) is 16.0 Å². The van der Waals surface area contributed by atoms with Crippen LogP contribution >= 0.6 is 11.3 Å². The van der Waals surface area contributed by atoms with Gasteiger partial charge in [-0.05, 0) is 51.1 Å². The predicted molar refractivity (Wildman–Crippen MR) is 68.2 cm³/mol. The lowest BCUT2D eigenvalue weighted by Crippen LogP contribution is -2.53. The highest BCUT2D eigenvalue weighted by molar-refractivity contribution is 7.11. The van der Waals surface area contributed by atoms with Crippen molar-refractivity contribution in [1.29, 1.82) is 0 Å². The van der Waals surface area contributed by atoms with Crippen molar-refractivity contribution in [2.45, 2.75) is 45.2 Å². The molecule has 0 saturated heterocycles. The van der Waals surface area contributed by atoms with Gasteiger partial charge < -0.3 is 5.32 Å². The van der Waals surface area contributed by atoms with Crippen molar-refractivity contribution in [3.63, 3.8) is 0 Å². The van der Waals surface area contributed by atoms with Gasteiger partial charge in [-0.3, -0.25) is 0 Å². The van der Waals surface area contributed by atoms with E-state index in [9.17, 15) is 0 Å². The van der Waals surface area contributed by atoms with Gasteiger partial charge in [0.15, 0.2) is 0 Å². The minimum absolute atomic E-state index is 0.0983. The Morgan fingerprint density at radius 3 is 2.53 bits per heavy atom. The van der Waals surface area contributed by atoms with Gasteiger partial charge in [0.1, 0.15) is 0 Å². The summed E-state index contributed by atoms with van der Waals surface area (Å²) in [5.41, 5.74) is 1.78. The topological polar surface area (TPSA) is 12.0 Å². The molecule has 1 N–H and O–H groups in total. The molecule has 0 unspecified atom stereocenters. The lowest BCUT2D eigenvalue weighted by molar-refractivity contribution is 0.297. The van der Waals surface area contributed by atoms with Crippen LogP contribution in [-0.4, -0.2) is 11.1 Å². The number of nitrogens with one attached hydrogen (secondary N) is 1. The molecular weight excluding hydrogens is 202 g/mol. The van der Waals surface area contributed by atoms with Gasteiger partial charge in [-0.25, -0.2) is 0 Å². The smallest absolute Gasteiger partial charge is 0.0318 e. The van der Waals surface area contributed by atoms with Gasteiger partial charge in [0.25, 0.3) is 0 Å². The molecule has 0 aromatic carbocycles. The van der Waals surface area contributed by atoms with Crippen molar-refractivity contribution in [2.75, 3.05) is 0 Å². The largest absolute Gasteiger partial charge is 0.303 e. The summed E-state index contributed by atoms with van der Waals surface area (Å²) in [4.78, 5) is 1.41. The summed E-state index contributed by atoms with van der Waals surface area (Å²) in [6, 6.07) is 4.34. The standard InChI is InChI=1S/C13H19NS/c1-12(2)8-10(9-13(3,4)14-12)11-6-5-7-15-11/h5-8,14H,9H2,1-4H3. The van der Waals surface area contributed by atoms with Crippen molar-refractivity contribution >= 4 is 16.9 Å². The number of hydrogen-bond donors (Lipinski definition) is 1. The van der Waals surface area contributed by atoms with E-state index in [1.54, 1.807) is 0 Å². The molecule has 0 radical (unpaired) electrons. The third kappa shape index (κ3) is 2.50. The first-order chi connectivity index (χ1) is 6.88. The Morgan fingerprint density at radius 2 is 2.00 bits per heavy atom. The molecule has 15 heavy (non-hydrogen) atoms. The summed E-state index contributed by atoms with van der Waals surface area (Å²) in [6.07, 6.45) is 3.47. The van der Waals surface area contributed by atoms with Crippen LogP contribution in [0.3, 0.4) is 0 Å². The first-order valence-corrected chi connectivity index (χ1v) is 6.31. The van der Waals surface area contributed by atoms with Crippen LogP contribution in [0.25, 0.3) is 5.57 Å². The van der Waals surface area contributed by atoms with Gasteiger partial charge in [0.05, 0.1) is 0 Å². The monoisotopic (exact) mass is 221 g/mol. The Morgan fingerprint density at radius 1 is 1.27 bits per heavy atom. The number of thiophene rings is 1. The Labute approximate surface area is 96.2 Å². The molecule has 0 fully saturated rings. The first kappa shape index (κ1) is 10.9. The summed E-state index contributed by atoms with van der Waals surface area (Å²) >= 11 is 1.83. The quantitative estimate of drug-likeness (QED) is 0.762. The molecule has 0 spiro atoms. The Kier molecular flexibility index (Phi) is 2.52. The highest BCUT2D eigenvalue weighted by Crippen LogP contribution is 2.35. The maximum absolute atomic E-state index is 3.65. The molecule has 2 heterocycles. The molecule has 2 rings (SSSR count). The Bertz CT molecular complexity index is 371. The van der Waals surface area contributed by atoms with Crippen LogP contribution in [0.2, 0.25) is 0 Å². The normalized spacial score (nSPS) is 23.6. The maximum atomic E-state index is 3.65. The second-order valence-electron chi connectivity index (χ2n) is 5.55. The van der Waals surface area contributed by atoms with Crippen LogP contribution in [0, 0.1) is 0 Å². The molecule has 1 aromatic heterocycles. The highest BCUT2D eigenvalue weighted by atomic mass is 32.1. The van der Waals surface area contributed by atoms with Crippen molar-refractivity contribution in [3.05, 3.63) is 28.5 Å². The van der Waals surface area contributed by atoms with Gasteiger partial charge in [-0.15, -0.1) is 11.3 Å². The second kappa shape index (κ2) is 3.46. The highest BCUT2D eigenvalue weighted by Gasteiger charge is 2.32. The fourth-order valence-corrected chi connectivity index (χ4v) is 3.28. The van der Waals surface area contributed by atoms with E-state index in [0.29, 0.717) is 0 Å². The molecule has 1 aromatic rings. The van der Waals surface area contributed by atoms with E-state index < -0.39 is 0 Å². The number of rotatable bonds is 1. The molecule has 0 saturated carbocycles. The van der Waals surface area contributed by atoms with Crippen LogP contribution in [0.4, 0.5) is 0 Å². The minimum atomic E-state index is 0.0983. The fraction of sp³-hybridized carbons (Fsp3) is 0.538. The zero-order valence-corrected chi connectivity index (χ0v) is 10.7. The summed E-state index contributed by atoms with van der Waals surface area (Å²) in [7, 11) is 0. The molecule has 0 atom stereocenters. The molecule has 82 valence electrons. The van der Waals surface area contributed by atoms with E-state index in [1.807, 2.05) is 11.3 Å². The van der Waals surface area contributed by atoms with E-state index >= 15 is 0 Å². The van der Waals surface area contributed by atoms with Crippen LogP contribution in [0.5, 0.6) is 0 Å². The molecule has 1 aliphatic heterocycles. The summed E-state index contributed by atoms with van der Waals surface area (Å²) in [5, 5.41) is 5.80. The van der Waals surface area contributed by atoms with E-state index in [1.165, 1.54) is 10.5 Å².